The Labute approximate surface area is 118 Å². The molecule has 1 aromatic rings. The third-order valence-corrected chi connectivity index (χ3v) is 3.57. The van der Waals surface area contributed by atoms with Gasteiger partial charge in [0, 0.05) is 6.42 Å². The van der Waals surface area contributed by atoms with Crippen molar-refractivity contribution >= 4 is 6.09 Å². The minimum absolute atomic E-state index is 0.0350. The van der Waals surface area contributed by atoms with Crippen molar-refractivity contribution in [2.24, 2.45) is 0 Å². The molecule has 0 saturated carbocycles. The van der Waals surface area contributed by atoms with Gasteiger partial charge in [0.25, 0.3) is 0 Å². The fraction of sp³-hybridized carbons (Fsp3) is 0.533. The first-order valence-corrected chi connectivity index (χ1v) is 7.01. The van der Waals surface area contributed by atoms with Crippen molar-refractivity contribution in [3.05, 3.63) is 35.9 Å². The summed E-state index contributed by atoms with van der Waals surface area (Å²) < 4.78 is 15.8. The molecule has 1 amide bonds. The number of hydrogen-bond donors (Lipinski definition) is 1. The maximum atomic E-state index is 11.9. The molecule has 2 fully saturated rings. The van der Waals surface area contributed by atoms with E-state index in [9.17, 15) is 4.79 Å². The van der Waals surface area contributed by atoms with Crippen LogP contribution in [0, 0.1) is 0 Å². The maximum Gasteiger partial charge on any atom is 0.407 e. The summed E-state index contributed by atoms with van der Waals surface area (Å²) in [7, 11) is 0. The molecule has 20 heavy (non-hydrogen) atoms. The summed E-state index contributed by atoms with van der Waals surface area (Å²) in [6.07, 6.45) is 1.13. The number of benzene rings is 1. The number of epoxide rings is 1. The Morgan fingerprint density at radius 2 is 2.15 bits per heavy atom. The number of nitrogens with one attached hydrogen (secondary N) is 1. The minimum atomic E-state index is -0.378. The molecular weight excluding hydrogens is 258 g/mol. The van der Waals surface area contributed by atoms with Crippen LogP contribution >= 0.6 is 0 Å². The molecule has 1 aromatic carbocycles. The fourth-order valence-corrected chi connectivity index (χ4v) is 2.37. The maximum absolute atomic E-state index is 11.9. The smallest absolute Gasteiger partial charge is 0.407 e. The van der Waals surface area contributed by atoms with Crippen LogP contribution in [-0.4, -0.2) is 44.2 Å². The lowest BCUT2D eigenvalue weighted by Gasteiger charge is -2.18. The molecule has 0 bridgehead atoms. The second kappa shape index (κ2) is 6.24. The van der Waals surface area contributed by atoms with E-state index in [1.54, 1.807) is 0 Å². The molecule has 2 heterocycles. The van der Waals surface area contributed by atoms with E-state index in [1.807, 2.05) is 30.3 Å². The summed E-state index contributed by atoms with van der Waals surface area (Å²) in [5, 5.41) is 2.91. The summed E-state index contributed by atoms with van der Waals surface area (Å²) in [6.45, 7) is 1.86. The molecule has 1 unspecified atom stereocenters. The van der Waals surface area contributed by atoms with E-state index in [-0.39, 0.29) is 24.3 Å². The second-order valence-corrected chi connectivity index (χ2v) is 5.20. The van der Waals surface area contributed by atoms with Crippen LogP contribution in [0.15, 0.2) is 30.3 Å². The second-order valence-electron chi connectivity index (χ2n) is 5.20. The average molecular weight is 277 g/mol. The molecule has 2 aliphatic rings. The summed E-state index contributed by atoms with van der Waals surface area (Å²) in [4.78, 5) is 11.9. The number of carbonyl (C=O) groups excluding carboxylic acids is 1. The zero-order valence-electron chi connectivity index (χ0n) is 11.3. The van der Waals surface area contributed by atoms with Gasteiger partial charge in [0.15, 0.2) is 0 Å². The first-order valence-electron chi connectivity index (χ1n) is 7.01. The zero-order chi connectivity index (χ0) is 13.8. The van der Waals surface area contributed by atoms with Crippen LogP contribution in [0.25, 0.3) is 0 Å². The van der Waals surface area contributed by atoms with E-state index in [0.29, 0.717) is 19.8 Å². The van der Waals surface area contributed by atoms with Crippen LogP contribution in [0.1, 0.15) is 12.0 Å². The monoisotopic (exact) mass is 277 g/mol. The normalized spacial score (nSPS) is 26.0. The van der Waals surface area contributed by atoms with E-state index >= 15 is 0 Å². The van der Waals surface area contributed by atoms with Gasteiger partial charge in [-0.05, 0) is 12.0 Å². The zero-order valence-corrected chi connectivity index (χ0v) is 11.3. The molecule has 2 aliphatic heterocycles. The van der Waals surface area contributed by atoms with Crippen LogP contribution in [0.5, 0.6) is 0 Å². The number of hydrogen-bond acceptors (Lipinski definition) is 4. The van der Waals surface area contributed by atoms with Crippen LogP contribution in [0.4, 0.5) is 4.79 Å². The summed E-state index contributed by atoms with van der Waals surface area (Å²) in [6, 6.07) is 10.0. The summed E-state index contributed by atoms with van der Waals surface area (Å²) >= 11 is 0. The Kier molecular flexibility index (Phi) is 4.18. The number of rotatable bonds is 5. The Hall–Kier alpha value is -1.59. The average Bonchev–Trinajstić information content (AvgIpc) is 3.18. The number of carbonyl (C=O) groups is 1. The quantitative estimate of drug-likeness (QED) is 0.829. The van der Waals surface area contributed by atoms with E-state index in [1.165, 1.54) is 5.56 Å². The van der Waals surface area contributed by atoms with Crippen LogP contribution < -0.4 is 5.32 Å². The summed E-state index contributed by atoms with van der Waals surface area (Å²) in [5.41, 5.74) is 1.18. The van der Waals surface area contributed by atoms with E-state index in [4.69, 9.17) is 14.2 Å². The molecule has 3 rings (SSSR count). The van der Waals surface area contributed by atoms with Crippen molar-refractivity contribution in [3.63, 3.8) is 0 Å². The fourth-order valence-electron chi connectivity index (χ4n) is 2.37. The predicted molar refractivity (Wildman–Crippen MR) is 72.5 cm³/mol. The van der Waals surface area contributed by atoms with E-state index in [2.05, 4.69) is 5.32 Å². The predicted octanol–water partition coefficient (Wildman–Crippen LogP) is 1.51. The van der Waals surface area contributed by atoms with Crippen molar-refractivity contribution in [3.8, 4) is 0 Å². The highest BCUT2D eigenvalue weighted by Gasteiger charge is 2.34. The topological polar surface area (TPSA) is 60.1 Å². The molecule has 0 aliphatic carbocycles. The van der Waals surface area contributed by atoms with Gasteiger partial charge in [-0.2, -0.15) is 0 Å². The lowest BCUT2D eigenvalue weighted by molar-refractivity contribution is 0.0797. The van der Waals surface area contributed by atoms with Gasteiger partial charge in [-0.1, -0.05) is 30.3 Å². The van der Waals surface area contributed by atoms with Crippen molar-refractivity contribution in [1.29, 1.82) is 0 Å². The molecule has 1 N–H and O–H groups in total. The molecule has 0 radical (unpaired) electrons. The largest absolute Gasteiger partial charge is 0.444 e. The van der Waals surface area contributed by atoms with Crippen molar-refractivity contribution in [1.82, 2.24) is 5.32 Å². The van der Waals surface area contributed by atoms with Crippen molar-refractivity contribution < 1.29 is 19.0 Å². The Bertz CT molecular complexity index is 440. The highest BCUT2D eigenvalue weighted by molar-refractivity contribution is 5.68. The highest BCUT2D eigenvalue weighted by atomic mass is 16.6. The van der Waals surface area contributed by atoms with Gasteiger partial charge in [-0.3, -0.25) is 0 Å². The lowest BCUT2D eigenvalue weighted by atomic mass is 10.0. The molecule has 0 spiro atoms. The first kappa shape index (κ1) is 13.4. The van der Waals surface area contributed by atoms with Gasteiger partial charge >= 0.3 is 6.09 Å². The lowest BCUT2D eigenvalue weighted by Crippen LogP contribution is -2.42. The van der Waals surface area contributed by atoms with Gasteiger partial charge in [-0.25, -0.2) is 4.79 Å². The van der Waals surface area contributed by atoms with Crippen LogP contribution in [0.3, 0.4) is 0 Å². The standard InChI is InChI=1S/C15H19NO4/c17-15(20-12-6-7-18-9-12)16-13(14-10-19-14)8-11-4-2-1-3-5-11/h1-5,12-14H,6-10H2,(H,16,17)/t12?,13-,14+/m0/s1. The van der Waals surface area contributed by atoms with Gasteiger partial charge < -0.3 is 19.5 Å². The third kappa shape index (κ3) is 3.71. The molecule has 2 saturated heterocycles. The first-order chi connectivity index (χ1) is 9.81. The Balaban J connectivity index is 1.53. The van der Waals surface area contributed by atoms with Crippen LogP contribution in [-0.2, 0) is 20.6 Å². The van der Waals surface area contributed by atoms with Gasteiger partial charge in [0.1, 0.15) is 12.2 Å². The third-order valence-electron chi connectivity index (χ3n) is 3.57. The van der Waals surface area contributed by atoms with Crippen molar-refractivity contribution in [2.75, 3.05) is 19.8 Å². The van der Waals surface area contributed by atoms with Gasteiger partial charge in [0.05, 0.1) is 25.9 Å². The molecule has 108 valence electrons. The SMILES string of the molecule is O=C(N[C@@H](Cc1ccccc1)[C@H]1CO1)OC1CCOC1. The van der Waals surface area contributed by atoms with Crippen LogP contribution in [0.2, 0.25) is 0 Å². The summed E-state index contributed by atoms with van der Waals surface area (Å²) in [5.74, 6) is 0. The molecule has 3 atom stereocenters. The molecule has 5 heteroatoms. The van der Waals surface area contributed by atoms with Crippen molar-refractivity contribution in [2.45, 2.75) is 31.1 Å². The van der Waals surface area contributed by atoms with Gasteiger partial charge in [-0.15, -0.1) is 0 Å². The minimum Gasteiger partial charge on any atom is -0.444 e. The number of ether oxygens (including phenoxy) is 3. The Morgan fingerprint density at radius 3 is 2.80 bits per heavy atom. The highest BCUT2D eigenvalue weighted by Crippen LogP contribution is 2.18. The molecule has 5 nitrogen and oxygen atoms in total. The molecule has 0 aromatic heterocycles. The number of alkyl carbamates (subject to hydrolysis) is 1. The Morgan fingerprint density at radius 1 is 1.35 bits per heavy atom. The number of amides is 1. The van der Waals surface area contributed by atoms with Gasteiger partial charge in [0.2, 0.25) is 0 Å². The van der Waals surface area contributed by atoms with E-state index < -0.39 is 0 Å². The molecular formula is C15H19NO4. The van der Waals surface area contributed by atoms with E-state index in [0.717, 1.165) is 12.8 Å².